The molecule has 0 saturated carbocycles. The second-order valence-electron chi connectivity index (χ2n) is 7.71. The average Bonchev–Trinajstić information content (AvgIpc) is 3.01. The lowest BCUT2D eigenvalue weighted by Gasteiger charge is -2.33. The van der Waals surface area contributed by atoms with Crippen molar-refractivity contribution >= 4 is 22.4 Å². The first-order chi connectivity index (χ1) is 12.3. The number of anilines is 1. The molecular formula is C20H26N2O3S. The molecule has 0 bridgehead atoms. The molecule has 26 heavy (non-hydrogen) atoms. The minimum absolute atomic E-state index is 0.0405. The first-order valence-corrected chi connectivity index (χ1v) is 9.72. The molecule has 5 nitrogen and oxygen atoms in total. The molecule has 1 N–H and O–H groups in total. The number of hydrogen-bond acceptors (Lipinski definition) is 5. The van der Waals surface area contributed by atoms with Gasteiger partial charge in [0.15, 0.2) is 11.7 Å². The number of benzene rings is 1. The highest BCUT2D eigenvalue weighted by molar-refractivity contribution is 7.15. The maximum Gasteiger partial charge on any atom is 0.264 e. The number of methoxy groups -OCH3 is 1. The van der Waals surface area contributed by atoms with Crippen LogP contribution in [-0.4, -0.2) is 24.6 Å². The van der Waals surface area contributed by atoms with Crippen molar-refractivity contribution in [2.45, 2.75) is 40.0 Å². The van der Waals surface area contributed by atoms with Gasteiger partial charge in [-0.1, -0.05) is 20.8 Å². The Bertz CT molecular complexity index is 762. The molecular weight excluding hydrogens is 348 g/mol. The van der Waals surface area contributed by atoms with E-state index < -0.39 is 0 Å². The molecule has 0 aliphatic heterocycles. The number of rotatable bonds is 5. The second kappa shape index (κ2) is 7.66. The maximum atomic E-state index is 12.2. The van der Waals surface area contributed by atoms with Crippen LogP contribution < -0.4 is 14.8 Å². The Balaban J connectivity index is 1.54. The summed E-state index contributed by atoms with van der Waals surface area (Å²) in [5, 5.41) is 3.54. The molecule has 0 fully saturated rings. The summed E-state index contributed by atoms with van der Waals surface area (Å²) in [5.41, 5.74) is 1.44. The van der Waals surface area contributed by atoms with Gasteiger partial charge in [-0.15, -0.1) is 11.3 Å². The van der Waals surface area contributed by atoms with Crippen molar-refractivity contribution in [2.75, 3.05) is 19.0 Å². The summed E-state index contributed by atoms with van der Waals surface area (Å²) in [4.78, 5) is 18.1. The van der Waals surface area contributed by atoms with Gasteiger partial charge in [0.1, 0.15) is 11.5 Å². The summed E-state index contributed by atoms with van der Waals surface area (Å²) in [6.07, 6.45) is 3.20. The van der Waals surface area contributed by atoms with E-state index in [1.165, 1.54) is 4.88 Å². The summed E-state index contributed by atoms with van der Waals surface area (Å²) in [5.74, 6) is 1.85. The fraction of sp³-hybridized carbons (Fsp3) is 0.500. The third kappa shape index (κ3) is 4.55. The molecule has 1 atom stereocenters. The predicted molar refractivity (Wildman–Crippen MR) is 104 cm³/mol. The molecule has 0 radical (unpaired) electrons. The summed E-state index contributed by atoms with van der Waals surface area (Å²) in [7, 11) is 1.61. The number of nitrogens with zero attached hydrogens (tertiary/aromatic N) is 1. The number of thiazole rings is 1. The maximum absolute atomic E-state index is 12.2. The fourth-order valence-corrected chi connectivity index (χ4v) is 4.25. The van der Waals surface area contributed by atoms with Crippen molar-refractivity contribution in [1.29, 1.82) is 0 Å². The van der Waals surface area contributed by atoms with Crippen LogP contribution in [0.1, 0.15) is 37.8 Å². The van der Waals surface area contributed by atoms with Crippen molar-refractivity contribution in [3.63, 3.8) is 0 Å². The monoisotopic (exact) mass is 374 g/mol. The molecule has 1 aliphatic rings. The fourth-order valence-electron chi connectivity index (χ4n) is 3.14. The molecule has 140 valence electrons. The lowest BCUT2D eigenvalue weighted by molar-refractivity contribution is -0.118. The van der Waals surface area contributed by atoms with Crippen LogP contribution in [0.2, 0.25) is 0 Å². The third-order valence-corrected chi connectivity index (χ3v) is 5.88. The van der Waals surface area contributed by atoms with Crippen LogP contribution in [0.15, 0.2) is 24.3 Å². The number of aromatic nitrogens is 1. The first-order valence-electron chi connectivity index (χ1n) is 8.90. The SMILES string of the molecule is COc1ccc(OCC(=O)Nc2nc3c(s2)C[C@H](C(C)(C)C)CC3)cc1. The molecule has 1 amide bonds. The Morgan fingerprint density at radius 1 is 1.27 bits per heavy atom. The van der Waals surface area contributed by atoms with E-state index in [1.807, 2.05) is 0 Å². The summed E-state index contributed by atoms with van der Waals surface area (Å²) >= 11 is 1.59. The molecule has 1 aliphatic carbocycles. The number of carbonyl (C=O) groups excluding carboxylic acids is 1. The molecule has 1 aromatic carbocycles. The van der Waals surface area contributed by atoms with Crippen molar-refractivity contribution in [3.05, 3.63) is 34.8 Å². The number of amides is 1. The van der Waals surface area contributed by atoms with E-state index in [1.54, 1.807) is 42.7 Å². The number of hydrogen-bond donors (Lipinski definition) is 1. The topological polar surface area (TPSA) is 60.5 Å². The Morgan fingerprint density at radius 3 is 2.62 bits per heavy atom. The number of aryl methyl sites for hydroxylation is 1. The zero-order valence-corrected chi connectivity index (χ0v) is 16.6. The van der Waals surface area contributed by atoms with Gasteiger partial charge in [0.05, 0.1) is 12.8 Å². The van der Waals surface area contributed by atoms with E-state index in [-0.39, 0.29) is 12.5 Å². The van der Waals surface area contributed by atoms with E-state index in [0.717, 1.165) is 30.7 Å². The molecule has 3 rings (SSSR count). The molecule has 0 spiro atoms. The van der Waals surface area contributed by atoms with Gasteiger partial charge in [0, 0.05) is 4.88 Å². The molecule has 0 unspecified atom stereocenters. The number of carbonyl (C=O) groups is 1. The predicted octanol–water partition coefficient (Wildman–Crippen LogP) is 4.32. The highest BCUT2D eigenvalue weighted by atomic mass is 32.1. The zero-order chi connectivity index (χ0) is 18.7. The minimum atomic E-state index is -0.195. The van der Waals surface area contributed by atoms with Gasteiger partial charge in [0.2, 0.25) is 0 Å². The zero-order valence-electron chi connectivity index (χ0n) is 15.8. The normalized spacial score (nSPS) is 16.7. The Kier molecular flexibility index (Phi) is 5.51. The van der Waals surface area contributed by atoms with E-state index in [9.17, 15) is 4.79 Å². The van der Waals surface area contributed by atoms with Crippen molar-refractivity contribution in [1.82, 2.24) is 4.98 Å². The van der Waals surface area contributed by atoms with Gasteiger partial charge in [-0.25, -0.2) is 4.98 Å². The molecule has 0 saturated heterocycles. The van der Waals surface area contributed by atoms with Gasteiger partial charge in [0.25, 0.3) is 5.91 Å². The highest BCUT2D eigenvalue weighted by Crippen LogP contribution is 2.40. The standard InChI is InChI=1S/C20H26N2O3S/c1-20(2,3)13-5-10-16-17(11-13)26-19(21-16)22-18(23)12-25-15-8-6-14(24-4)7-9-15/h6-9,13H,5,10-12H2,1-4H3,(H,21,22,23)/t13-/m1/s1. The van der Waals surface area contributed by atoms with Crippen LogP contribution in [0.25, 0.3) is 0 Å². The quantitative estimate of drug-likeness (QED) is 0.847. The largest absolute Gasteiger partial charge is 0.497 e. The van der Waals surface area contributed by atoms with Crippen molar-refractivity contribution < 1.29 is 14.3 Å². The number of ether oxygens (including phenoxy) is 2. The third-order valence-electron chi connectivity index (χ3n) is 4.84. The number of nitrogens with one attached hydrogen (secondary N) is 1. The average molecular weight is 375 g/mol. The van der Waals surface area contributed by atoms with Crippen LogP contribution in [0, 0.1) is 11.3 Å². The van der Waals surface area contributed by atoms with Crippen molar-refractivity contribution in [3.8, 4) is 11.5 Å². The van der Waals surface area contributed by atoms with Crippen LogP contribution in [-0.2, 0) is 17.6 Å². The van der Waals surface area contributed by atoms with Crippen molar-refractivity contribution in [2.24, 2.45) is 11.3 Å². The van der Waals surface area contributed by atoms with E-state index in [0.29, 0.717) is 22.2 Å². The highest BCUT2D eigenvalue weighted by Gasteiger charge is 2.30. The smallest absolute Gasteiger partial charge is 0.264 e. The second-order valence-corrected chi connectivity index (χ2v) is 8.79. The van der Waals surface area contributed by atoms with E-state index >= 15 is 0 Å². The Morgan fingerprint density at radius 2 is 1.96 bits per heavy atom. The van der Waals surface area contributed by atoms with E-state index in [4.69, 9.17) is 9.47 Å². The molecule has 6 heteroatoms. The first kappa shape index (κ1) is 18.7. The van der Waals surface area contributed by atoms with Crippen LogP contribution >= 0.6 is 11.3 Å². The lowest BCUT2D eigenvalue weighted by Crippen LogP contribution is -2.26. The summed E-state index contributed by atoms with van der Waals surface area (Å²) < 4.78 is 10.6. The molecule has 1 heterocycles. The molecule has 1 aromatic heterocycles. The van der Waals surface area contributed by atoms with Crippen LogP contribution in [0.5, 0.6) is 11.5 Å². The number of fused-ring (bicyclic) bond motifs is 1. The summed E-state index contributed by atoms with van der Waals surface area (Å²) in [6.45, 7) is 6.84. The van der Waals surface area contributed by atoms with Crippen LogP contribution in [0.3, 0.4) is 0 Å². The van der Waals surface area contributed by atoms with Gasteiger partial charge in [-0.3, -0.25) is 10.1 Å². The van der Waals surface area contributed by atoms with Gasteiger partial charge in [-0.2, -0.15) is 0 Å². The van der Waals surface area contributed by atoms with Crippen LogP contribution in [0.4, 0.5) is 5.13 Å². The van der Waals surface area contributed by atoms with Gasteiger partial charge in [-0.05, 0) is 54.9 Å². The minimum Gasteiger partial charge on any atom is -0.497 e. The lowest BCUT2D eigenvalue weighted by atomic mass is 9.73. The van der Waals surface area contributed by atoms with Gasteiger partial charge >= 0.3 is 0 Å². The Labute approximate surface area is 158 Å². The Hall–Kier alpha value is -2.08. The summed E-state index contributed by atoms with van der Waals surface area (Å²) in [6, 6.07) is 7.16. The van der Waals surface area contributed by atoms with E-state index in [2.05, 4.69) is 31.1 Å². The molecule has 2 aromatic rings. The van der Waals surface area contributed by atoms with Gasteiger partial charge < -0.3 is 9.47 Å².